The first-order valence-electron chi connectivity index (χ1n) is 5.71. The van der Waals surface area contributed by atoms with E-state index < -0.39 is 5.97 Å². The number of esters is 1. The van der Waals surface area contributed by atoms with Gasteiger partial charge in [-0.1, -0.05) is 11.6 Å². The van der Waals surface area contributed by atoms with Gasteiger partial charge in [-0.15, -0.1) is 0 Å². The zero-order valence-corrected chi connectivity index (χ0v) is 12.8. The maximum atomic E-state index is 11.8. The molecule has 0 saturated heterocycles. The summed E-state index contributed by atoms with van der Waals surface area (Å²) in [6, 6.07) is 3.09. The summed E-state index contributed by atoms with van der Waals surface area (Å²) in [4.78, 5) is 16.6. The molecule has 0 aliphatic heterocycles. The Hall–Kier alpha value is -1.66. The van der Waals surface area contributed by atoms with E-state index in [0.717, 1.165) is 23.2 Å². The van der Waals surface area contributed by atoms with Gasteiger partial charge in [0.25, 0.3) is 5.22 Å². The molecule has 0 spiro atoms. The highest BCUT2D eigenvalue weighted by Gasteiger charge is 2.19. The number of hydrogen-bond donors (Lipinski definition) is 1. The maximum absolute atomic E-state index is 11.8. The van der Waals surface area contributed by atoms with Crippen molar-refractivity contribution in [3.05, 3.63) is 34.2 Å². The van der Waals surface area contributed by atoms with Gasteiger partial charge in [-0.25, -0.2) is 9.78 Å². The number of ether oxygens (including phenoxy) is 1. The lowest BCUT2D eigenvalue weighted by atomic mass is 10.2. The fourth-order valence-corrected chi connectivity index (χ4v) is 2.83. The molecular weight excluding hydrogens is 300 g/mol. The van der Waals surface area contributed by atoms with Crippen molar-refractivity contribution < 1.29 is 13.9 Å². The first-order chi connectivity index (χ1) is 9.42. The second-order valence-corrected chi connectivity index (χ2v) is 5.46. The van der Waals surface area contributed by atoms with Crippen molar-refractivity contribution in [2.75, 3.05) is 12.8 Å². The van der Waals surface area contributed by atoms with Gasteiger partial charge in [0, 0.05) is 5.69 Å². The van der Waals surface area contributed by atoms with Crippen molar-refractivity contribution in [3.63, 3.8) is 0 Å². The highest BCUT2D eigenvalue weighted by Crippen LogP contribution is 2.38. The van der Waals surface area contributed by atoms with Crippen LogP contribution < -0.4 is 5.73 Å². The molecular formula is C13H13ClN2O3S. The Morgan fingerprint density at radius 3 is 2.70 bits per heavy atom. The topological polar surface area (TPSA) is 78.4 Å². The number of halogens is 1. The van der Waals surface area contributed by atoms with Crippen LogP contribution in [0.15, 0.2) is 26.7 Å². The summed E-state index contributed by atoms with van der Waals surface area (Å²) in [7, 11) is 1.30. The second-order valence-electron chi connectivity index (χ2n) is 4.09. The number of rotatable bonds is 3. The van der Waals surface area contributed by atoms with Gasteiger partial charge in [-0.2, -0.15) is 0 Å². The minimum absolute atomic E-state index is 0.288. The van der Waals surface area contributed by atoms with Crippen LogP contribution in [0, 0.1) is 13.8 Å². The largest absolute Gasteiger partial charge is 0.465 e. The van der Waals surface area contributed by atoms with E-state index in [1.165, 1.54) is 13.2 Å². The lowest BCUT2D eigenvalue weighted by molar-refractivity contribution is 0.0597. The summed E-state index contributed by atoms with van der Waals surface area (Å²) in [6.07, 6.45) is 0. The number of methoxy groups -OCH3 is 1. The third-order valence-corrected chi connectivity index (χ3v) is 4.07. The van der Waals surface area contributed by atoms with Gasteiger partial charge in [0.1, 0.15) is 5.76 Å². The molecule has 0 fully saturated rings. The van der Waals surface area contributed by atoms with Gasteiger partial charge in [0.15, 0.2) is 0 Å². The molecule has 0 atom stereocenters. The molecule has 5 nitrogen and oxygen atoms in total. The van der Waals surface area contributed by atoms with Crippen LogP contribution in [0.25, 0.3) is 0 Å². The highest BCUT2D eigenvalue weighted by molar-refractivity contribution is 7.99. The van der Waals surface area contributed by atoms with Crippen LogP contribution in [0.5, 0.6) is 0 Å². The molecule has 1 aromatic carbocycles. The van der Waals surface area contributed by atoms with Gasteiger partial charge in [0.05, 0.1) is 28.3 Å². The summed E-state index contributed by atoms with van der Waals surface area (Å²) in [6.45, 7) is 3.66. The van der Waals surface area contributed by atoms with E-state index in [-0.39, 0.29) is 5.56 Å². The number of carbonyl (C=O) groups is 1. The summed E-state index contributed by atoms with van der Waals surface area (Å²) in [5.41, 5.74) is 7.17. The average Bonchev–Trinajstić information content (AvgIpc) is 2.70. The van der Waals surface area contributed by atoms with Gasteiger partial charge in [-0.3, -0.25) is 0 Å². The number of nitrogens with zero attached hydrogens (tertiary/aromatic N) is 1. The third-order valence-electron chi connectivity index (χ3n) is 2.67. The Labute approximate surface area is 125 Å². The molecule has 0 amide bonds. The van der Waals surface area contributed by atoms with E-state index in [1.54, 1.807) is 6.07 Å². The molecule has 2 rings (SSSR count). The zero-order valence-electron chi connectivity index (χ0n) is 11.2. The molecule has 1 aromatic heterocycles. The summed E-state index contributed by atoms with van der Waals surface area (Å²) in [5, 5.41) is 0.765. The summed E-state index contributed by atoms with van der Waals surface area (Å²) in [5.74, 6) is 0.209. The molecule has 0 aliphatic rings. The molecule has 1 heterocycles. The number of benzene rings is 1. The number of aryl methyl sites for hydroxylation is 2. The van der Waals surface area contributed by atoms with Crippen LogP contribution in [0.3, 0.4) is 0 Å². The van der Waals surface area contributed by atoms with E-state index in [4.69, 9.17) is 26.5 Å². The molecule has 0 radical (unpaired) electrons. The van der Waals surface area contributed by atoms with Crippen molar-refractivity contribution in [2.45, 2.75) is 24.0 Å². The van der Waals surface area contributed by atoms with Crippen molar-refractivity contribution in [1.82, 2.24) is 4.98 Å². The molecule has 0 bridgehead atoms. The SMILES string of the molecule is COC(=O)c1cc(N)cc(Cl)c1Sc1nc(C)c(C)o1. The maximum Gasteiger partial charge on any atom is 0.339 e. The molecule has 0 aliphatic carbocycles. The van der Waals surface area contributed by atoms with Crippen LogP contribution in [0.1, 0.15) is 21.8 Å². The normalized spacial score (nSPS) is 10.6. The van der Waals surface area contributed by atoms with Crippen molar-refractivity contribution >= 4 is 35.0 Å². The van der Waals surface area contributed by atoms with Crippen LogP contribution in [-0.2, 0) is 4.74 Å². The van der Waals surface area contributed by atoms with Crippen LogP contribution in [0.4, 0.5) is 5.69 Å². The van der Waals surface area contributed by atoms with Crippen LogP contribution >= 0.6 is 23.4 Å². The smallest absolute Gasteiger partial charge is 0.339 e. The number of hydrogen-bond acceptors (Lipinski definition) is 6. The number of carbonyl (C=O) groups excluding carboxylic acids is 1. The van der Waals surface area contributed by atoms with Gasteiger partial charge < -0.3 is 14.9 Å². The summed E-state index contributed by atoms with van der Waals surface area (Å²) >= 11 is 7.32. The van der Waals surface area contributed by atoms with E-state index in [0.29, 0.717) is 20.8 Å². The number of nitrogen functional groups attached to an aromatic ring is 1. The van der Waals surface area contributed by atoms with Crippen molar-refractivity contribution in [2.24, 2.45) is 0 Å². The number of aromatic nitrogens is 1. The van der Waals surface area contributed by atoms with Crippen molar-refractivity contribution in [3.8, 4) is 0 Å². The number of oxazole rings is 1. The van der Waals surface area contributed by atoms with E-state index >= 15 is 0 Å². The Balaban J connectivity index is 2.47. The highest BCUT2D eigenvalue weighted by atomic mass is 35.5. The predicted octanol–water partition coefficient (Wildman–Crippen LogP) is 3.46. The van der Waals surface area contributed by atoms with Gasteiger partial charge >= 0.3 is 5.97 Å². The van der Waals surface area contributed by atoms with E-state index in [2.05, 4.69) is 4.98 Å². The molecule has 0 unspecified atom stereocenters. The Kier molecular flexibility index (Phi) is 4.25. The number of anilines is 1. The van der Waals surface area contributed by atoms with E-state index in [1.807, 2.05) is 13.8 Å². The predicted molar refractivity (Wildman–Crippen MR) is 77.3 cm³/mol. The minimum Gasteiger partial charge on any atom is -0.465 e. The fraction of sp³-hybridized carbons (Fsp3) is 0.231. The monoisotopic (exact) mass is 312 g/mol. The standard InChI is InChI=1S/C13H13ClN2O3S/c1-6-7(2)19-13(16-6)20-11-9(12(17)18-3)4-8(15)5-10(11)14/h4-5H,15H2,1-3H3. The first-order valence-corrected chi connectivity index (χ1v) is 6.91. The molecule has 2 N–H and O–H groups in total. The van der Waals surface area contributed by atoms with E-state index in [9.17, 15) is 4.79 Å². The molecule has 2 aromatic rings. The fourth-order valence-electron chi connectivity index (χ4n) is 1.55. The number of nitrogens with two attached hydrogens (primary N) is 1. The zero-order chi connectivity index (χ0) is 14.9. The molecule has 0 saturated carbocycles. The Morgan fingerprint density at radius 1 is 1.45 bits per heavy atom. The third kappa shape index (κ3) is 2.91. The summed E-state index contributed by atoms with van der Waals surface area (Å²) < 4.78 is 10.2. The first kappa shape index (κ1) is 14.7. The lowest BCUT2D eigenvalue weighted by Gasteiger charge is -2.09. The molecule has 20 heavy (non-hydrogen) atoms. The van der Waals surface area contributed by atoms with Gasteiger partial charge in [-0.05, 0) is 37.7 Å². The van der Waals surface area contributed by atoms with Crippen molar-refractivity contribution in [1.29, 1.82) is 0 Å². The van der Waals surface area contributed by atoms with Crippen LogP contribution in [-0.4, -0.2) is 18.1 Å². The van der Waals surface area contributed by atoms with Crippen LogP contribution in [0.2, 0.25) is 5.02 Å². The Bertz CT molecular complexity index is 650. The second kappa shape index (κ2) is 5.76. The minimum atomic E-state index is -0.512. The van der Waals surface area contributed by atoms with Gasteiger partial charge in [0.2, 0.25) is 0 Å². The lowest BCUT2D eigenvalue weighted by Crippen LogP contribution is -2.05. The molecule has 7 heteroatoms. The average molecular weight is 313 g/mol. The Morgan fingerprint density at radius 2 is 2.15 bits per heavy atom. The molecule has 106 valence electrons. The quantitative estimate of drug-likeness (QED) is 0.690.